The predicted octanol–water partition coefficient (Wildman–Crippen LogP) is 3.54. The topological polar surface area (TPSA) is 59.8 Å². The lowest BCUT2D eigenvalue weighted by atomic mass is 10.2. The van der Waals surface area contributed by atoms with Crippen LogP contribution in [0.1, 0.15) is 21.5 Å². The molecular weight excluding hydrogens is 312 g/mol. The van der Waals surface area contributed by atoms with Crippen LogP contribution in [0.15, 0.2) is 55.0 Å². The Hall–Kier alpha value is -2.66. The van der Waals surface area contributed by atoms with Crippen LogP contribution in [0.4, 0.5) is 5.82 Å². The highest BCUT2D eigenvalue weighted by Gasteiger charge is 2.10. The maximum absolute atomic E-state index is 12.2. The van der Waals surface area contributed by atoms with Crippen molar-refractivity contribution < 1.29 is 4.79 Å². The van der Waals surface area contributed by atoms with Crippen LogP contribution in [-0.4, -0.2) is 20.7 Å². The minimum atomic E-state index is -0.244. The highest BCUT2D eigenvalue weighted by molar-refractivity contribution is 6.31. The molecule has 0 fully saturated rings. The van der Waals surface area contributed by atoms with Crippen LogP contribution < -0.4 is 5.32 Å². The van der Waals surface area contributed by atoms with E-state index in [0.29, 0.717) is 22.9 Å². The van der Waals surface area contributed by atoms with E-state index in [4.69, 9.17) is 11.6 Å². The summed E-state index contributed by atoms with van der Waals surface area (Å²) in [5.74, 6) is 0.270. The van der Waals surface area contributed by atoms with Crippen LogP contribution in [-0.2, 0) is 6.54 Å². The molecular formula is C17H15ClN4O. The number of rotatable bonds is 4. The number of aromatic nitrogens is 3. The van der Waals surface area contributed by atoms with Gasteiger partial charge in [0.2, 0.25) is 0 Å². The van der Waals surface area contributed by atoms with Crippen molar-refractivity contribution in [2.45, 2.75) is 13.5 Å². The largest absolute Gasteiger partial charge is 0.306 e. The fourth-order valence-corrected chi connectivity index (χ4v) is 2.29. The van der Waals surface area contributed by atoms with E-state index in [1.165, 1.54) is 6.20 Å². The van der Waals surface area contributed by atoms with E-state index in [1.54, 1.807) is 23.1 Å². The smallest absolute Gasteiger partial charge is 0.260 e. The second-order valence-electron chi connectivity index (χ2n) is 5.19. The Kier molecular flexibility index (Phi) is 4.39. The molecule has 0 bridgehead atoms. The van der Waals surface area contributed by atoms with Gasteiger partial charge in [0.05, 0.1) is 18.3 Å². The first-order valence-corrected chi connectivity index (χ1v) is 7.49. The molecule has 0 radical (unpaired) electrons. The normalized spacial score (nSPS) is 10.5. The van der Waals surface area contributed by atoms with E-state index in [-0.39, 0.29) is 5.91 Å². The van der Waals surface area contributed by atoms with Gasteiger partial charge in [-0.15, -0.1) is 0 Å². The number of nitrogens with one attached hydrogen (secondary N) is 1. The van der Waals surface area contributed by atoms with Crippen LogP contribution >= 0.6 is 11.6 Å². The van der Waals surface area contributed by atoms with Crippen molar-refractivity contribution in [2.24, 2.45) is 0 Å². The standard InChI is InChI=1S/C17H15ClN4O/c1-12-6-7-16(19-8-12)21-17(23)14-9-20-22(11-14)10-13-4-2-3-5-15(13)18/h2-9,11H,10H2,1H3,(H,19,21,23). The molecule has 0 aliphatic heterocycles. The Bertz CT molecular complexity index is 827. The quantitative estimate of drug-likeness (QED) is 0.797. The van der Waals surface area contributed by atoms with Crippen LogP contribution in [0.25, 0.3) is 0 Å². The molecule has 3 aromatic rings. The van der Waals surface area contributed by atoms with Crippen LogP contribution in [0.5, 0.6) is 0 Å². The molecule has 0 aliphatic carbocycles. The molecule has 0 saturated heterocycles. The zero-order valence-corrected chi connectivity index (χ0v) is 13.3. The molecule has 2 heterocycles. The molecule has 0 aliphatic rings. The third-order valence-electron chi connectivity index (χ3n) is 3.34. The minimum Gasteiger partial charge on any atom is -0.306 e. The molecule has 3 rings (SSSR count). The van der Waals surface area contributed by atoms with Crippen molar-refractivity contribution in [3.63, 3.8) is 0 Å². The maximum Gasteiger partial charge on any atom is 0.260 e. The Morgan fingerprint density at radius 3 is 2.78 bits per heavy atom. The molecule has 116 valence electrons. The number of carbonyl (C=O) groups excluding carboxylic acids is 1. The van der Waals surface area contributed by atoms with Gasteiger partial charge in [0.1, 0.15) is 5.82 Å². The average molecular weight is 327 g/mol. The van der Waals surface area contributed by atoms with E-state index in [1.807, 2.05) is 37.3 Å². The third-order valence-corrected chi connectivity index (χ3v) is 3.71. The van der Waals surface area contributed by atoms with E-state index in [9.17, 15) is 4.79 Å². The second-order valence-corrected chi connectivity index (χ2v) is 5.60. The average Bonchev–Trinajstić information content (AvgIpc) is 3.01. The number of halogens is 1. The molecule has 2 aromatic heterocycles. The molecule has 1 aromatic carbocycles. The Balaban J connectivity index is 1.70. The van der Waals surface area contributed by atoms with Crippen LogP contribution in [0, 0.1) is 6.92 Å². The number of carbonyl (C=O) groups is 1. The van der Waals surface area contributed by atoms with Gasteiger partial charge in [-0.2, -0.15) is 5.10 Å². The summed E-state index contributed by atoms with van der Waals surface area (Å²) in [4.78, 5) is 16.4. The summed E-state index contributed by atoms with van der Waals surface area (Å²) in [5, 5.41) is 7.63. The van der Waals surface area contributed by atoms with Gasteiger partial charge in [-0.25, -0.2) is 4.98 Å². The van der Waals surface area contributed by atoms with Gasteiger partial charge in [0.15, 0.2) is 0 Å². The molecule has 23 heavy (non-hydrogen) atoms. The van der Waals surface area contributed by atoms with Gasteiger partial charge in [0.25, 0.3) is 5.91 Å². The van der Waals surface area contributed by atoms with E-state index >= 15 is 0 Å². The van der Waals surface area contributed by atoms with Gasteiger partial charge in [-0.3, -0.25) is 9.48 Å². The van der Waals surface area contributed by atoms with E-state index < -0.39 is 0 Å². The number of benzene rings is 1. The number of nitrogens with zero attached hydrogens (tertiary/aromatic N) is 3. The zero-order valence-electron chi connectivity index (χ0n) is 12.5. The van der Waals surface area contributed by atoms with E-state index in [0.717, 1.165) is 11.1 Å². The number of hydrogen-bond donors (Lipinski definition) is 1. The molecule has 0 unspecified atom stereocenters. The van der Waals surface area contributed by atoms with E-state index in [2.05, 4.69) is 15.4 Å². The predicted molar refractivity (Wildman–Crippen MR) is 89.7 cm³/mol. The number of anilines is 1. The summed E-state index contributed by atoms with van der Waals surface area (Å²) < 4.78 is 1.68. The molecule has 5 nitrogen and oxygen atoms in total. The van der Waals surface area contributed by atoms with Crippen molar-refractivity contribution in [3.8, 4) is 0 Å². The fraction of sp³-hybridized carbons (Fsp3) is 0.118. The van der Waals surface area contributed by atoms with Crippen molar-refractivity contribution in [1.29, 1.82) is 0 Å². The molecule has 0 spiro atoms. The van der Waals surface area contributed by atoms with Gasteiger partial charge >= 0.3 is 0 Å². The Labute approximate surface area is 138 Å². The Morgan fingerprint density at radius 2 is 2.04 bits per heavy atom. The maximum atomic E-state index is 12.2. The van der Waals surface area contributed by atoms with Crippen molar-refractivity contribution in [2.75, 3.05) is 5.32 Å². The lowest BCUT2D eigenvalue weighted by Crippen LogP contribution is -2.12. The number of pyridine rings is 1. The monoisotopic (exact) mass is 326 g/mol. The lowest BCUT2D eigenvalue weighted by molar-refractivity contribution is 0.102. The summed E-state index contributed by atoms with van der Waals surface area (Å²) >= 11 is 6.13. The number of amides is 1. The van der Waals surface area contributed by atoms with Crippen molar-refractivity contribution in [1.82, 2.24) is 14.8 Å². The summed E-state index contributed by atoms with van der Waals surface area (Å²) in [6.45, 7) is 2.45. The third kappa shape index (κ3) is 3.76. The van der Waals surface area contributed by atoms with Gasteiger partial charge < -0.3 is 5.32 Å². The van der Waals surface area contributed by atoms with Crippen LogP contribution in [0.2, 0.25) is 5.02 Å². The molecule has 0 saturated carbocycles. The van der Waals surface area contributed by atoms with Crippen molar-refractivity contribution >= 4 is 23.3 Å². The SMILES string of the molecule is Cc1ccc(NC(=O)c2cnn(Cc3ccccc3Cl)c2)nc1. The number of aryl methyl sites for hydroxylation is 1. The first-order valence-electron chi connectivity index (χ1n) is 7.12. The molecule has 0 atom stereocenters. The second kappa shape index (κ2) is 6.62. The first kappa shape index (κ1) is 15.2. The highest BCUT2D eigenvalue weighted by Crippen LogP contribution is 2.16. The van der Waals surface area contributed by atoms with Gasteiger partial charge in [-0.05, 0) is 30.2 Å². The summed E-state index contributed by atoms with van der Waals surface area (Å²) in [7, 11) is 0. The van der Waals surface area contributed by atoms with Gasteiger partial charge in [0, 0.05) is 17.4 Å². The summed E-state index contributed by atoms with van der Waals surface area (Å²) in [6.07, 6.45) is 4.92. The first-order chi connectivity index (χ1) is 11.1. The summed E-state index contributed by atoms with van der Waals surface area (Å²) in [6, 6.07) is 11.2. The minimum absolute atomic E-state index is 0.244. The van der Waals surface area contributed by atoms with Crippen molar-refractivity contribution in [3.05, 3.63) is 76.7 Å². The Morgan fingerprint density at radius 1 is 1.22 bits per heavy atom. The molecule has 1 amide bonds. The molecule has 1 N–H and O–H groups in total. The number of hydrogen-bond acceptors (Lipinski definition) is 3. The lowest BCUT2D eigenvalue weighted by Gasteiger charge is -2.04. The summed E-state index contributed by atoms with van der Waals surface area (Å²) in [5.41, 5.74) is 2.46. The van der Waals surface area contributed by atoms with Crippen LogP contribution in [0.3, 0.4) is 0 Å². The zero-order chi connectivity index (χ0) is 16.2. The highest BCUT2D eigenvalue weighted by atomic mass is 35.5. The fourth-order valence-electron chi connectivity index (χ4n) is 2.10. The molecule has 6 heteroatoms. The van der Waals surface area contributed by atoms with Gasteiger partial charge in [-0.1, -0.05) is 35.9 Å².